The number of amides is 1. The zero-order valence-corrected chi connectivity index (χ0v) is 12.8. The molecular formula is C16H22N2O3. The number of benzene rings is 1. The Morgan fingerprint density at radius 3 is 2.90 bits per heavy atom. The van der Waals surface area contributed by atoms with Gasteiger partial charge in [0, 0.05) is 19.2 Å². The lowest BCUT2D eigenvalue weighted by molar-refractivity contribution is 0.0578. The number of ether oxygens (including phenoxy) is 1. The van der Waals surface area contributed by atoms with Crippen LogP contribution < -0.4 is 4.90 Å². The number of carbonyl (C=O) groups is 1. The van der Waals surface area contributed by atoms with Gasteiger partial charge in [-0.2, -0.15) is 0 Å². The first-order valence-electron chi connectivity index (χ1n) is 7.19. The van der Waals surface area contributed by atoms with E-state index in [-0.39, 0.29) is 6.09 Å². The summed E-state index contributed by atoms with van der Waals surface area (Å²) in [5, 5.41) is 11.5. The van der Waals surface area contributed by atoms with E-state index in [9.17, 15) is 4.79 Å². The van der Waals surface area contributed by atoms with Crippen molar-refractivity contribution in [1.29, 1.82) is 0 Å². The Morgan fingerprint density at radius 2 is 2.24 bits per heavy atom. The number of carbonyl (C=O) groups excluding carboxylic acids is 1. The summed E-state index contributed by atoms with van der Waals surface area (Å²) in [6.45, 7) is 6.26. The largest absolute Gasteiger partial charge is 0.443 e. The number of nitrogens with zero attached hydrogens (tertiary/aromatic N) is 2. The number of fused-ring (bicyclic) bond motifs is 1. The molecule has 0 radical (unpaired) electrons. The maximum Gasteiger partial charge on any atom is 0.414 e. The van der Waals surface area contributed by atoms with Crippen LogP contribution in [0.2, 0.25) is 0 Å². The molecule has 1 N–H and O–H groups in total. The van der Waals surface area contributed by atoms with Crippen molar-refractivity contribution in [2.75, 3.05) is 11.4 Å². The smallest absolute Gasteiger partial charge is 0.414 e. The van der Waals surface area contributed by atoms with E-state index in [1.165, 1.54) is 6.21 Å². The maximum atomic E-state index is 12.3. The van der Waals surface area contributed by atoms with Gasteiger partial charge in [-0.15, -0.1) is 5.16 Å². The van der Waals surface area contributed by atoms with Gasteiger partial charge < -0.3 is 9.94 Å². The number of oxime groups is 1. The highest BCUT2D eigenvalue weighted by Crippen LogP contribution is 2.29. The van der Waals surface area contributed by atoms with Gasteiger partial charge in [0.15, 0.2) is 0 Å². The van der Waals surface area contributed by atoms with Crippen LogP contribution in [0.3, 0.4) is 0 Å². The van der Waals surface area contributed by atoms with Crippen LogP contribution >= 0.6 is 0 Å². The normalized spacial score (nSPS) is 15.1. The Morgan fingerprint density at radius 1 is 1.48 bits per heavy atom. The number of rotatable bonds is 2. The van der Waals surface area contributed by atoms with E-state index in [2.05, 4.69) is 5.16 Å². The zero-order chi connectivity index (χ0) is 15.5. The third kappa shape index (κ3) is 3.97. The van der Waals surface area contributed by atoms with Crippen molar-refractivity contribution < 1.29 is 14.7 Å². The summed E-state index contributed by atoms with van der Waals surface area (Å²) >= 11 is 0. The minimum Gasteiger partial charge on any atom is -0.443 e. The average Bonchev–Trinajstić information content (AvgIpc) is 2.42. The van der Waals surface area contributed by atoms with Crippen LogP contribution in [0.5, 0.6) is 0 Å². The third-order valence-corrected chi connectivity index (χ3v) is 3.29. The van der Waals surface area contributed by atoms with Crippen LogP contribution in [0.4, 0.5) is 10.5 Å². The summed E-state index contributed by atoms with van der Waals surface area (Å²) in [7, 11) is 0. The second kappa shape index (κ2) is 6.16. The fraction of sp³-hybridized carbons (Fsp3) is 0.500. The van der Waals surface area contributed by atoms with Gasteiger partial charge in [0.25, 0.3) is 0 Å². The van der Waals surface area contributed by atoms with Crippen LogP contribution in [0.15, 0.2) is 23.4 Å². The molecule has 0 atom stereocenters. The molecule has 0 fully saturated rings. The summed E-state index contributed by atoms with van der Waals surface area (Å²) in [5.41, 5.74) is 2.55. The van der Waals surface area contributed by atoms with E-state index >= 15 is 0 Å². The van der Waals surface area contributed by atoms with Crippen LogP contribution in [0, 0.1) is 0 Å². The molecule has 5 heteroatoms. The fourth-order valence-corrected chi connectivity index (χ4v) is 2.40. The van der Waals surface area contributed by atoms with E-state index in [0.29, 0.717) is 13.0 Å². The Kier molecular flexibility index (Phi) is 4.50. The van der Waals surface area contributed by atoms with Gasteiger partial charge >= 0.3 is 6.09 Å². The molecule has 1 aliphatic heterocycles. The topological polar surface area (TPSA) is 62.1 Å². The number of hydrogen-bond donors (Lipinski definition) is 1. The fourth-order valence-electron chi connectivity index (χ4n) is 2.40. The number of hydrogen-bond acceptors (Lipinski definition) is 4. The molecule has 1 aromatic carbocycles. The third-order valence-electron chi connectivity index (χ3n) is 3.29. The number of anilines is 1. The van der Waals surface area contributed by atoms with Crippen molar-refractivity contribution in [3.63, 3.8) is 0 Å². The van der Waals surface area contributed by atoms with Crippen LogP contribution in [0.25, 0.3) is 0 Å². The first kappa shape index (κ1) is 15.4. The van der Waals surface area contributed by atoms with Crippen LogP contribution in [0.1, 0.15) is 38.3 Å². The Hall–Kier alpha value is -2.04. The average molecular weight is 290 g/mol. The minimum absolute atomic E-state index is 0.309. The van der Waals surface area contributed by atoms with Crippen molar-refractivity contribution in [2.24, 2.45) is 5.16 Å². The first-order chi connectivity index (χ1) is 9.90. The molecule has 0 aromatic heterocycles. The van der Waals surface area contributed by atoms with E-state index in [0.717, 1.165) is 29.7 Å². The van der Waals surface area contributed by atoms with Gasteiger partial charge in [-0.05, 0) is 50.8 Å². The molecule has 21 heavy (non-hydrogen) atoms. The maximum absolute atomic E-state index is 12.3. The van der Waals surface area contributed by atoms with E-state index in [1.54, 1.807) is 4.90 Å². The predicted octanol–water partition coefficient (Wildman–Crippen LogP) is 3.38. The lowest BCUT2D eigenvalue weighted by Crippen LogP contribution is -2.39. The van der Waals surface area contributed by atoms with Crippen molar-refractivity contribution in [2.45, 2.75) is 45.6 Å². The summed E-state index contributed by atoms with van der Waals surface area (Å²) < 4.78 is 5.48. The molecule has 1 heterocycles. The quantitative estimate of drug-likeness (QED) is 0.516. The summed E-state index contributed by atoms with van der Waals surface area (Å²) in [6.07, 6.45) is 3.55. The van der Waals surface area contributed by atoms with Gasteiger partial charge in [0.2, 0.25) is 0 Å². The molecule has 2 rings (SSSR count). The lowest BCUT2D eigenvalue weighted by atomic mass is 9.99. The Labute approximate surface area is 125 Å². The van der Waals surface area contributed by atoms with Gasteiger partial charge in [-0.3, -0.25) is 4.90 Å². The van der Waals surface area contributed by atoms with Gasteiger partial charge in [-0.25, -0.2) is 4.79 Å². The van der Waals surface area contributed by atoms with Gasteiger partial charge in [-0.1, -0.05) is 12.1 Å². The molecule has 0 saturated carbocycles. The van der Waals surface area contributed by atoms with E-state index in [1.807, 2.05) is 39.0 Å². The summed E-state index contributed by atoms with van der Waals surface area (Å²) in [5.74, 6) is 0. The second-order valence-electron chi connectivity index (χ2n) is 6.20. The first-order valence-corrected chi connectivity index (χ1v) is 7.19. The standard InChI is InChI=1S/C16H22N2O3/c1-16(2,3)21-15(19)18-10-4-5-13-7-6-12(8-9-17-20)11-14(13)18/h6-7,9,11,20H,4-5,8,10H2,1-3H3. The molecule has 1 amide bonds. The lowest BCUT2D eigenvalue weighted by Gasteiger charge is -2.32. The molecule has 5 nitrogen and oxygen atoms in total. The predicted molar refractivity (Wildman–Crippen MR) is 82.3 cm³/mol. The van der Waals surface area contributed by atoms with Crippen molar-refractivity contribution in [1.82, 2.24) is 0 Å². The molecule has 114 valence electrons. The molecule has 0 unspecified atom stereocenters. The van der Waals surface area contributed by atoms with E-state index in [4.69, 9.17) is 9.94 Å². The zero-order valence-electron chi connectivity index (χ0n) is 12.8. The van der Waals surface area contributed by atoms with Crippen LogP contribution in [-0.4, -0.2) is 29.7 Å². The molecule has 0 saturated heterocycles. The SMILES string of the molecule is CC(C)(C)OC(=O)N1CCCc2ccc(CC=NO)cc21. The molecule has 1 aromatic rings. The van der Waals surface area contributed by atoms with Gasteiger partial charge in [0.1, 0.15) is 5.60 Å². The minimum atomic E-state index is -0.504. The van der Waals surface area contributed by atoms with Crippen molar-refractivity contribution in [3.8, 4) is 0 Å². The van der Waals surface area contributed by atoms with Crippen molar-refractivity contribution >= 4 is 18.0 Å². The Bertz CT molecular complexity index is 547. The Balaban J connectivity index is 2.26. The van der Waals surface area contributed by atoms with Crippen molar-refractivity contribution in [3.05, 3.63) is 29.3 Å². The summed E-state index contributed by atoms with van der Waals surface area (Å²) in [4.78, 5) is 14.0. The van der Waals surface area contributed by atoms with Gasteiger partial charge in [0.05, 0.1) is 5.69 Å². The monoisotopic (exact) mass is 290 g/mol. The molecule has 0 aliphatic carbocycles. The molecular weight excluding hydrogens is 268 g/mol. The summed E-state index contributed by atoms with van der Waals surface area (Å²) in [6, 6.07) is 6.01. The van der Waals surface area contributed by atoms with E-state index < -0.39 is 5.60 Å². The molecule has 1 aliphatic rings. The highest BCUT2D eigenvalue weighted by molar-refractivity contribution is 5.89. The second-order valence-corrected chi connectivity index (χ2v) is 6.20. The highest BCUT2D eigenvalue weighted by atomic mass is 16.6. The highest BCUT2D eigenvalue weighted by Gasteiger charge is 2.27. The molecule has 0 spiro atoms. The van der Waals surface area contributed by atoms with Crippen LogP contribution in [-0.2, 0) is 17.6 Å². The number of aryl methyl sites for hydroxylation is 1. The molecule has 0 bridgehead atoms.